The Labute approximate surface area is 105 Å². The lowest BCUT2D eigenvalue weighted by Crippen LogP contribution is -2.54. The Hall–Kier alpha value is -0.610. The molecule has 2 N–H and O–H groups in total. The van der Waals surface area contributed by atoms with Gasteiger partial charge in [0.05, 0.1) is 6.04 Å². The molecular formula is C13H27N3O. The van der Waals surface area contributed by atoms with Crippen LogP contribution < -0.4 is 10.6 Å². The van der Waals surface area contributed by atoms with E-state index in [-0.39, 0.29) is 18.0 Å². The maximum atomic E-state index is 12.1. The summed E-state index contributed by atoms with van der Waals surface area (Å²) in [6, 6.07) is 0.251. The average molecular weight is 241 g/mol. The summed E-state index contributed by atoms with van der Waals surface area (Å²) < 4.78 is 0. The van der Waals surface area contributed by atoms with Crippen molar-refractivity contribution in [2.75, 3.05) is 26.2 Å². The van der Waals surface area contributed by atoms with E-state index in [1.165, 1.54) is 0 Å². The zero-order chi connectivity index (χ0) is 12.8. The summed E-state index contributed by atoms with van der Waals surface area (Å²) >= 11 is 0. The Morgan fingerprint density at radius 3 is 2.41 bits per heavy atom. The van der Waals surface area contributed by atoms with E-state index in [0.29, 0.717) is 5.92 Å². The second-order valence-corrected chi connectivity index (χ2v) is 5.14. The Bertz CT molecular complexity index is 239. The molecule has 0 saturated carbocycles. The van der Waals surface area contributed by atoms with Gasteiger partial charge in [0, 0.05) is 32.2 Å². The molecule has 0 aromatic rings. The van der Waals surface area contributed by atoms with Crippen LogP contribution >= 0.6 is 0 Å². The van der Waals surface area contributed by atoms with E-state index in [9.17, 15) is 4.79 Å². The van der Waals surface area contributed by atoms with Crippen LogP contribution in [0.3, 0.4) is 0 Å². The van der Waals surface area contributed by atoms with Gasteiger partial charge in [-0.25, -0.2) is 0 Å². The molecule has 1 fully saturated rings. The van der Waals surface area contributed by atoms with Crippen LogP contribution in [0.4, 0.5) is 0 Å². The average Bonchev–Trinajstić information content (AvgIpc) is 2.37. The Kier molecular flexibility index (Phi) is 5.92. The summed E-state index contributed by atoms with van der Waals surface area (Å²) in [6.45, 7) is 12.3. The number of amides is 1. The van der Waals surface area contributed by atoms with Gasteiger partial charge < -0.3 is 10.6 Å². The maximum absolute atomic E-state index is 12.1. The van der Waals surface area contributed by atoms with E-state index in [1.807, 2.05) is 6.92 Å². The lowest BCUT2D eigenvalue weighted by Gasteiger charge is -2.33. The second-order valence-electron chi connectivity index (χ2n) is 5.14. The summed E-state index contributed by atoms with van der Waals surface area (Å²) in [5.74, 6) is 0.703. The topological polar surface area (TPSA) is 44.4 Å². The van der Waals surface area contributed by atoms with Gasteiger partial charge in [-0.15, -0.1) is 0 Å². The number of nitrogens with one attached hydrogen (secondary N) is 2. The lowest BCUT2D eigenvalue weighted by atomic mass is 10.0. The number of carbonyl (C=O) groups excluding carboxylic acids is 1. The quantitative estimate of drug-likeness (QED) is 0.749. The van der Waals surface area contributed by atoms with E-state index in [1.54, 1.807) is 0 Å². The van der Waals surface area contributed by atoms with Crippen molar-refractivity contribution in [2.24, 2.45) is 5.92 Å². The highest BCUT2D eigenvalue weighted by atomic mass is 16.2. The van der Waals surface area contributed by atoms with Crippen molar-refractivity contribution in [3.05, 3.63) is 0 Å². The summed E-state index contributed by atoms with van der Waals surface area (Å²) in [6.07, 6.45) is 1.10. The number of hydrogen-bond donors (Lipinski definition) is 2. The molecule has 0 radical (unpaired) electrons. The molecule has 1 saturated heterocycles. The minimum atomic E-state index is -0.0105. The van der Waals surface area contributed by atoms with Crippen LogP contribution in [0.1, 0.15) is 34.1 Å². The SMILES string of the molecule is CCC(C)C(C)NC(=O)C(C)N1CCNCC1. The van der Waals surface area contributed by atoms with Gasteiger partial charge in [-0.2, -0.15) is 0 Å². The molecule has 4 nitrogen and oxygen atoms in total. The molecular weight excluding hydrogens is 214 g/mol. The fraction of sp³-hybridized carbons (Fsp3) is 0.923. The van der Waals surface area contributed by atoms with E-state index >= 15 is 0 Å². The van der Waals surface area contributed by atoms with E-state index < -0.39 is 0 Å². The van der Waals surface area contributed by atoms with Crippen LogP contribution in [0.15, 0.2) is 0 Å². The summed E-state index contributed by atoms with van der Waals surface area (Å²) in [5, 5.41) is 6.43. The van der Waals surface area contributed by atoms with Crippen LogP contribution in [0.5, 0.6) is 0 Å². The normalized spacial score (nSPS) is 22.8. The van der Waals surface area contributed by atoms with E-state index in [4.69, 9.17) is 0 Å². The number of piperazine rings is 1. The van der Waals surface area contributed by atoms with Gasteiger partial charge >= 0.3 is 0 Å². The third kappa shape index (κ3) is 4.28. The maximum Gasteiger partial charge on any atom is 0.237 e. The smallest absolute Gasteiger partial charge is 0.237 e. The van der Waals surface area contributed by atoms with Crippen molar-refractivity contribution in [1.82, 2.24) is 15.5 Å². The predicted octanol–water partition coefficient (Wildman–Crippen LogP) is 0.831. The van der Waals surface area contributed by atoms with E-state index in [2.05, 4.69) is 36.3 Å². The van der Waals surface area contributed by atoms with Crippen molar-refractivity contribution in [3.8, 4) is 0 Å². The zero-order valence-corrected chi connectivity index (χ0v) is 11.6. The van der Waals surface area contributed by atoms with Gasteiger partial charge in [0.25, 0.3) is 0 Å². The molecule has 0 aromatic carbocycles. The first-order chi connectivity index (χ1) is 8.06. The fourth-order valence-corrected chi connectivity index (χ4v) is 2.08. The molecule has 0 aliphatic carbocycles. The van der Waals surface area contributed by atoms with Gasteiger partial charge in [0.1, 0.15) is 0 Å². The van der Waals surface area contributed by atoms with Crippen molar-refractivity contribution in [3.63, 3.8) is 0 Å². The summed E-state index contributed by atoms with van der Waals surface area (Å²) in [5.41, 5.74) is 0. The highest BCUT2D eigenvalue weighted by Crippen LogP contribution is 2.08. The molecule has 0 aromatic heterocycles. The highest BCUT2D eigenvalue weighted by Gasteiger charge is 2.24. The third-order valence-electron chi connectivity index (χ3n) is 3.95. The molecule has 4 heteroatoms. The first-order valence-electron chi connectivity index (χ1n) is 6.81. The van der Waals surface area contributed by atoms with Gasteiger partial charge in [-0.3, -0.25) is 9.69 Å². The summed E-state index contributed by atoms with van der Waals surface area (Å²) in [4.78, 5) is 14.3. The Morgan fingerprint density at radius 2 is 1.88 bits per heavy atom. The molecule has 0 spiro atoms. The van der Waals surface area contributed by atoms with Crippen molar-refractivity contribution in [2.45, 2.75) is 46.2 Å². The Morgan fingerprint density at radius 1 is 1.29 bits per heavy atom. The number of carbonyl (C=O) groups is 1. The molecule has 1 heterocycles. The minimum Gasteiger partial charge on any atom is -0.352 e. The van der Waals surface area contributed by atoms with Crippen LogP contribution in [-0.4, -0.2) is 49.1 Å². The number of rotatable bonds is 5. The third-order valence-corrected chi connectivity index (χ3v) is 3.95. The predicted molar refractivity (Wildman–Crippen MR) is 71.0 cm³/mol. The fourth-order valence-electron chi connectivity index (χ4n) is 2.08. The molecule has 3 atom stereocenters. The first-order valence-corrected chi connectivity index (χ1v) is 6.81. The first kappa shape index (κ1) is 14.5. The Balaban J connectivity index is 2.40. The molecule has 1 aliphatic heterocycles. The molecule has 17 heavy (non-hydrogen) atoms. The van der Waals surface area contributed by atoms with Gasteiger partial charge in [-0.05, 0) is 19.8 Å². The van der Waals surface area contributed by atoms with Crippen molar-refractivity contribution in [1.29, 1.82) is 0 Å². The molecule has 1 amide bonds. The van der Waals surface area contributed by atoms with Crippen LogP contribution in [0.2, 0.25) is 0 Å². The van der Waals surface area contributed by atoms with Crippen molar-refractivity contribution < 1.29 is 4.79 Å². The standard InChI is InChI=1S/C13H27N3O/c1-5-10(2)11(3)15-13(17)12(4)16-8-6-14-7-9-16/h10-12,14H,5-9H2,1-4H3,(H,15,17). The minimum absolute atomic E-state index is 0.0105. The summed E-state index contributed by atoms with van der Waals surface area (Å²) in [7, 11) is 0. The molecule has 1 aliphatic rings. The van der Waals surface area contributed by atoms with Crippen LogP contribution in [-0.2, 0) is 4.79 Å². The zero-order valence-electron chi connectivity index (χ0n) is 11.6. The molecule has 3 unspecified atom stereocenters. The van der Waals surface area contributed by atoms with Crippen LogP contribution in [0, 0.1) is 5.92 Å². The van der Waals surface area contributed by atoms with Gasteiger partial charge in [-0.1, -0.05) is 20.3 Å². The lowest BCUT2D eigenvalue weighted by molar-refractivity contribution is -0.127. The largest absolute Gasteiger partial charge is 0.352 e. The highest BCUT2D eigenvalue weighted by molar-refractivity contribution is 5.81. The van der Waals surface area contributed by atoms with Crippen LogP contribution in [0.25, 0.3) is 0 Å². The number of hydrogen-bond acceptors (Lipinski definition) is 3. The van der Waals surface area contributed by atoms with Gasteiger partial charge in [0.15, 0.2) is 0 Å². The van der Waals surface area contributed by atoms with Crippen molar-refractivity contribution >= 4 is 5.91 Å². The van der Waals surface area contributed by atoms with Gasteiger partial charge in [0.2, 0.25) is 5.91 Å². The number of nitrogens with zero attached hydrogens (tertiary/aromatic N) is 1. The second kappa shape index (κ2) is 6.97. The molecule has 100 valence electrons. The molecule has 0 bridgehead atoms. The van der Waals surface area contributed by atoms with E-state index in [0.717, 1.165) is 32.6 Å². The molecule has 1 rings (SSSR count). The monoisotopic (exact) mass is 241 g/mol.